The van der Waals surface area contributed by atoms with Gasteiger partial charge in [0.05, 0.1) is 0 Å². The average Bonchev–Trinajstić information content (AvgIpc) is 2.84. The molecule has 0 bridgehead atoms. The van der Waals surface area contributed by atoms with Crippen molar-refractivity contribution in [1.29, 1.82) is 0 Å². The molecule has 2 unspecified atom stereocenters. The zero-order valence-corrected chi connectivity index (χ0v) is 19.4. The first-order valence-electron chi connectivity index (χ1n) is 10.1. The van der Waals surface area contributed by atoms with E-state index < -0.39 is 24.0 Å². The molecule has 135 valence electrons. The Balaban J connectivity index is 1.92. The number of hydrogen-bond acceptors (Lipinski definition) is 1. The fraction of sp³-hybridized carbons (Fsp3) is 0.545. The molecule has 1 saturated carbocycles. The van der Waals surface area contributed by atoms with Gasteiger partial charge in [0, 0.05) is 0 Å². The molecule has 1 aromatic rings. The van der Waals surface area contributed by atoms with Gasteiger partial charge in [-0.15, -0.1) is 0 Å². The molecule has 0 spiro atoms. The predicted octanol–water partition coefficient (Wildman–Crippen LogP) is 4.96. The molecule has 3 rings (SSSR count). The Morgan fingerprint density at radius 2 is 1.60 bits per heavy atom. The Kier molecular flexibility index (Phi) is 6.60. The van der Waals surface area contributed by atoms with Gasteiger partial charge < -0.3 is 0 Å². The SMILES string of the molecule is CC1=C(C)C(C)[C]([Ti]([NH]C2CCCCC2)[SiH](C)c2ccccc2)=C1C. The van der Waals surface area contributed by atoms with Gasteiger partial charge in [-0.05, 0) is 0 Å². The fourth-order valence-electron chi connectivity index (χ4n) is 4.61. The van der Waals surface area contributed by atoms with Crippen molar-refractivity contribution in [2.24, 2.45) is 5.92 Å². The number of nitrogens with one attached hydrogen (secondary N) is 1. The van der Waals surface area contributed by atoms with Crippen LogP contribution in [0.2, 0.25) is 6.55 Å². The third kappa shape index (κ3) is 4.13. The van der Waals surface area contributed by atoms with Crippen molar-refractivity contribution in [3.63, 3.8) is 0 Å². The van der Waals surface area contributed by atoms with Crippen LogP contribution in [-0.2, 0) is 17.4 Å². The van der Waals surface area contributed by atoms with E-state index in [1.807, 2.05) is 3.88 Å². The maximum absolute atomic E-state index is 4.34. The van der Waals surface area contributed by atoms with Crippen LogP contribution in [0, 0.1) is 5.92 Å². The monoisotopic (exact) mass is 388 g/mol. The number of rotatable bonds is 5. The van der Waals surface area contributed by atoms with Gasteiger partial charge in [-0.25, -0.2) is 0 Å². The van der Waals surface area contributed by atoms with Gasteiger partial charge in [-0.1, -0.05) is 0 Å². The van der Waals surface area contributed by atoms with Crippen molar-refractivity contribution in [1.82, 2.24) is 3.80 Å². The summed E-state index contributed by atoms with van der Waals surface area (Å²) in [6, 6.07) is 12.2. The second-order valence-corrected chi connectivity index (χ2v) is 19.2. The molecular formula is C22H34NSiTi. The molecule has 1 N–H and O–H groups in total. The zero-order valence-electron chi connectivity index (χ0n) is 16.7. The minimum atomic E-state index is -1.49. The standard InChI is InChI=1S/C9H13.C7H9Si.C6H12N.Ti/c1-6-5-7(2)9(4)8(6)3;1-8-7-5-3-2-4-6-7;7-6-4-2-1-3-5-6;/h6H,1-4H3;2-6,8H,1H3;6-7H,1-5H2;/q;;-1;+1. The summed E-state index contributed by atoms with van der Waals surface area (Å²) in [6.45, 7) is 11.2. The Bertz CT molecular complexity index is 658. The Hall–Kier alpha value is -0.409. The molecule has 0 aliphatic heterocycles. The van der Waals surface area contributed by atoms with Crippen molar-refractivity contribution in [2.45, 2.75) is 72.4 Å². The van der Waals surface area contributed by atoms with Crippen molar-refractivity contribution in [3.8, 4) is 0 Å². The van der Waals surface area contributed by atoms with Crippen LogP contribution in [0.3, 0.4) is 0 Å². The average molecular weight is 388 g/mol. The van der Waals surface area contributed by atoms with Gasteiger partial charge in [0.25, 0.3) is 0 Å². The molecule has 1 nitrogen and oxygen atoms in total. The van der Waals surface area contributed by atoms with Crippen LogP contribution in [0.15, 0.2) is 50.9 Å². The minimum absolute atomic E-state index is 0.671. The molecule has 1 fully saturated rings. The molecule has 0 saturated heterocycles. The molecule has 0 aromatic heterocycles. The molecule has 2 atom stereocenters. The van der Waals surface area contributed by atoms with E-state index in [0.717, 1.165) is 6.04 Å². The molecule has 3 heteroatoms. The first kappa shape index (κ1) is 19.4. The summed E-state index contributed by atoms with van der Waals surface area (Å²) in [4.78, 5) is 0. The van der Waals surface area contributed by atoms with Crippen LogP contribution in [0.4, 0.5) is 0 Å². The zero-order chi connectivity index (χ0) is 18.0. The molecule has 0 heterocycles. The van der Waals surface area contributed by atoms with E-state index in [1.54, 1.807) is 21.9 Å². The summed E-state index contributed by atoms with van der Waals surface area (Å²) in [5.74, 6) is 0.671. The van der Waals surface area contributed by atoms with Gasteiger partial charge in [0.1, 0.15) is 0 Å². The van der Waals surface area contributed by atoms with Crippen LogP contribution in [0.25, 0.3) is 0 Å². The van der Waals surface area contributed by atoms with Crippen molar-refractivity contribution in [2.75, 3.05) is 0 Å². The van der Waals surface area contributed by atoms with E-state index in [9.17, 15) is 0 Å². The Morgan fingerprint density at radius 1 is 0.960 bits per heavy atom. The first-order chi connectivity index (χ1) is 12.0. The molecular weight excluding hydrogens is 354 g/mol. The topological polar surface area (TPSA) is 12.0 Å². The summed E-state index contributed by atoms with van der Waals surface area (Å²) >= 11 is -1.49. The maximum atomic E-state index is 4.34. The quantitative estimate of drug-likeness (QED) is 0.703. The van der Waals surface area contributed by atoms with E-state index in [2.05, 4.69) is 68.4 Å². The van der Waals surface area contributed by atoms with Crippen molar-refractivity contribution >= 4 is 11.8 Å². The van der Waals surface area contributed by atoms with Gasteiger partial charge >= 0.3 is 162 Å². The summed E-state index contributed by atoms with van der Waals surface area (Å²) in [5, 5.41) is 1.66. The van der Waals surface area contributed by atoms with E-state index in [4.69, 9.17) is 0 Å². The third-order valence-electron chi connectivity index (χ3n) is 6.63. The van der Waals surface area contributed by atoms with Crippen LogP contribution >= 0.6 is 0 Å². The summed E-state index contributed by atoms with van der Waals surface area (Å²) in [5.41, 5.74) is 4.84. The van der Waals surface area contributed by atoms with Gasteiger partial charge in [-0.3, -0.25) is 0 Å². The van der Waals surface area contributed by atoms with Gasteiger partial charge in [-0.2, -0.15) is 0 Å². The van der Waals surface area contributed by atoms with Gasteiger partial charge in [0.15, 0.2) is 0 Å². The van der Waals surface area contributed by atoms with Crippen LogP contribution < -0.4 is 8.99 Å². The molecule has 1 aromatic carbocycles. The first-order valence-corrected chi connectivity index (χ1v) is 16.7. The molecule has 0 amide bonds. The van der Waals surface area contributed by atoms with Gasteiger partial charge in [0.2, 0.25) is 0 Å². The summed E-state index contributed by atoms with van der Waals surface area (Å²) < 4.78 is 6.21. The predicted molar refractivity (Wildman–Crippen MR) is 109 cm³/mol. The third-order valence-corrected chi connectivity index (χ3v) is 19.8. The summed E-state index contributed by atoms with van der Waals surface area (Å²) in [6.07, 6.45) is 7.09. The fourth-order valence-corrected chi connectivity index (χ4v) is 18.5. The van der Waals surface area contributed by atoms with Crippen LogP contribution in [-0.4, -0.2) is 12.7 Å². The Labute approximate surface area is 161 Å². The van der Waals surface area contributed by atoms with E-state index in [1.165, 1.54) is 32.1 Å². The molecule has 2 aliphatic carbocycles. The van der Waals surface area contributed by atoms with E-state index >= 15 is 0 Å². The summed E-state index contributed by atoms with van der Waals surface area (Å²) in [7, 11) is 0. The molecule has 2 aliphatic rings. The van der Waals surface area contributed by atoms with E-state index in [-0.39, 0.29) is 0 Å². The number of allylic oxidation sites excluding steroid dienone is 4. The second-order valence-electron chi connectivity index (χ2n) is 8.09. The Morgan fingerprint density at radius 3 is 2.16 bits per heavy atom. The van der Waals surface area contributed by atoms with Crippen molar-refractivity contribution < 1.29 is 17.4 Å². The van der Waals surface area contributed by atoms with Crippen LogP contribution in [0.1, 0.15) is 59.8 Å². The van der Waals surface area contributed by atoms with Crippen LogP contribution in [0.5, 0.6) is 0 Å². The van der Waals surface area contributed by atoms with E-state index in [0.29, 0.717) is 5.92 Å². The normalized spacial score (nSPS) is 23.3. The van der Waals surface area contributed by atoms with Crippen molar-refractivity contribution in [3.05, 3.63) is 50.9 Å². The number of hydrogen-bond donors (Lipinski definition) is 1. The molecule has 25 heavy (non-hydrogen) atoms. The number of benzene rings is 1. The second kappa shape index (κ2) is 8.52. The molecule has 0 radical (unpaired) electrons.